The highest BCUT2D eigenvalue weighted by Crippen LogP contribution is 2.46. The van der Waals surface area contributed by atoms with Crippen molar-refractivity contribution in [3.63, 3.8) is 0 Å². The number of alkyl halides is 6. The first-order chi connectivity index (χ1) is 18.3. The molecule has 0 bridgehead atoms. The van der Waals surface area contributed by atoms with Gasteiger partial charge in [-0.25, -0.2) is 4.79 Å². The summed E-state index contributed by atoms with van der Waals surface area (Å²) in [7, 11) is 1.52. The quantitative estimate of drug-likeness (QED) is 0.0873. The van der Waals surface area contributed by atoms with Gasteiger partial charge in [0.2, 0.25) is 0 Å². The summed E-state index contributed by atoms with van der Waals surface area (Å²) >= 11 is 0. The predicted molar refractivity (Wildman–Crippen MR) is 133 cm³/mol. The molecule has 0 amide bonds. The summed E-state index contributed by atoms with van der Waals surface area (Å²) in [5.74, 6) is -17.4. The third-order valence-corrected chi connectivity index (χ3v) is 5.99. The minimum atomic E-state index is -5.89. The minimum absolute atomic E-state index is 0.188. The number of rotatable bonds is 14. The van der Waals surface area contributed by atoms with Gasteiger partial charge in [0, 0.05) is 17.5 Å². The molecule has 2 aromatic carbocycles. The topological polar surface area (TPSA) is 57.9 Å². The molecular formula is C28H28F6O5. The first-order valence-electron chi connectivity index (χ1n) is 12.1. The number of hydrogen-bond acceptors (Lipinski definition) is 5. The number of carbonyl (C=O) groups excluding carboxylic acids is 1. The Kier molecular flexibility index (Phi) is 9.24. The second kappa shape index (κ2) is 12.0. The number of hydrogen-bond donors (Lipinski definition) is 0. The fourth-order valence-corrected chi connectivity index (χ4v) is 3.75. The van der Waals surface area contributed by atoms with E-state index in [4.69, 9.17) is 13.9 Å². The zero-order valence-corrected chi connectivity index (χ0v) is 21.4. The molecule has 0 aliphatic heterocycles. The summed E-state index contributed by atoms with van der Waals surface area (Å²) in [6, 6.07) is 11.2. The number of esters is 1. The number of fused-ring (bicyclic) bond motifs is 1. The molecule has 0 unspecified atom stereocenters. The average molecular weight is 559 g/mol. The summed E-state index contributed by atoms with van der Waals surface area (Å²) in [4.78, 5) is 10.9. The van der Waals surface area contributed by atoms with Crippen molar-refractivity contribution in [1.82, 2.24) is 0 Å². The van der Waals surface area contributed by atoms with Crippen molar-refractivity contribution in [2.45, 2.75) is 50.4 Å². The van der Waals surface area contributed by atoms with E-state index in [-0.39, 0.29) is 11.3 Å². The fraction of sp³-hybridized carbons (Fsp3) is 0.393. The molecule has 0 aliphatic carbocycles. The Labute approximate surface area is 221 Å². The maximum Gasteiger partial charge on any atom is 0.378 e. The van der Waals surface area contributed by atoms with Crippen LogP contribution in [0.3, 0.4) is 0 Å². The summed E-state index contributed by atoms with van der Waals surface area (Å²) in [5.41, 5.74) is 1.92. The van der Waals surface area contributed by atoms with E-state index in [1.54, 1.807) is 6.07 Å². The number of ether oxygens (including phenoxy) is 3. The highest BCUT2D eigenvalue weighted by molar-refractivity contribution is 5.85. The maximum absolute atomic E-state index is 14.2. The lowest BCUT2D eigenvalue weighted by Gasteiger charge is -2.32. The maximum atomic E-state index is 14.2. The van der Waals surface area contributed by atoms with Crippen LogP contribution in [-0.4, -0.2) is 44.1 Å². The molecule has 0 aliphatic rings. The first-order valence-corrected chi connectivity index (χ1v) is 12.1. The molecule has 212 valence electrons. The highest BCUT2D eigenvalue weighted by atomic mass is 19.3. The van der Waals surface area contributed by atoms with Crippen molar-refractivity contribution in [3.05, 3.63) is 60.7 Å². The Morgan fingerprint density at radius 3 is 2.36 bits per heavy atom. The van der Waals surface area contributed by atoms with Gasteiger partial charge in [-0.05, 0) is 48.7 Å². The molecule has 0 radical (unpaired) electrons. The fourth-order valence-electron chi connectivity index (χ4n) is 3.75. The lowest BCUT2D eigenvalue weighted by Crippen LogP contribution is -2.58. The molecule has 3 rings (SSSR count). The smallest absolute Gasteiger partial charge is 0.378 e. The Balaban J connectivity index is 1.76. The van der Waals surface area contributed by atoms with E-state index >= 15 is 0 Å². The third-order valence-electron chi connectivity index (χ3n) is 5.99. The molecule has 0 atom stereocenters. The average Bonchev–Trinajstić information content (AvgIpc) is 3.33. The van der Waals surface area contributed by atoms with Crippen LogP contribution in [-0.2, 0) is 16.0 Å². The number of furan rings is 1. The lowest BCUT2D eigenvalue weighted by atomic mass is 10.0. The standard InChI is InChI=1S/C28H28F6O5/c1-4-6-7-8-18-9-12-21(23(13-18)36-3)24-14-19-10-11-20(15-22(19)39-24)37-16-26(29,30)28(33,34)27(31,32)17-38-25(35)5-2/h5,9-15H,2,4,6-8,16-17H2,1,3H3. The predicted octanol–water partition coefficient (Wildman–Crippen LogP) is 7.86. The van der Waals surface area contributed by atoms with Crippen LogP contribution < -0.4 is 9.47 Å². The second-order valence-corrected chi connectivity index (χ2v) is 8.89. The Morgan fingerprint density at radius 2 is 1.69 bits per heavy atom. The lowest BCUT2D eigenvalue weighted by molar-refractivity contribution is -0.322. The Bertz CT molecular complexity index is 1300. The molecule has 1 aromatic heterocycles. The van der Waals surface area contributed by atoms with Crippen LogP contribution in [0, 0.1) is 0 Å². The van der Waals surface area contributed by atoms with Crippen LogP contribution in [0.5, 0.6) is 11.5 Å². The molecular weight excluding hydrogens is 530 g/mol. The molecule has 0 spiro atoms. The van der Waals surface area contributed by atoms with E-state index in [0.717, 1.165) is 31.2 Å². The van der Waals surface area contributed by atoms with Gasteiger partial charge in [-0.2, -0.15) is 26.3 Å². The monoisotopic (exact) mass is 558 g/mol. The van der Waals surface area contributed by atoms with Crippen molar-refractivity contribution < 1.29 is 49.8 Å². The van der Waals surface area contributed by atoms with E-state index in [2.05, 4.69) is 18.2 Å². The normalized spacial score (nSPS) is 12.4. The Morgan fingerprint density at radius 1 is 0.974 bits per heavy atom. The summed E-state index contributed by atoms with van der Waals surface area (Å²) in [6.45, 7) is 0.698. The largest absolute Gasteiger partial charge is 0.496 e. The molecule has 11 heteroatoms. The Hall–Kier alpha value is -3.63. The van der Waals surface area contributed by atoms with Gasteiger partial charge >= 0.3 is 23.7 Å². The number of benzene rings is 2. The minimum Gasteiger partial charge on any atom is -0.496 e. The van der Waals surface area contributed by atoms with E-state index < -0.39 is 37.0 Å². The van der Waals surface area contributed by atoms with Crippen LogP contribution in [0.2, 0.25) is 0 Å². The second-order valence-electron chi connectivity index (χ2n) is 8.89. The number of methoxy groups -OCH3 is 1. The van der Waals surface area contributed by atoms with Crippen molar-refractivity contribution in [3.8, 4) is 22.8 Å². The SMILES string of the molecule is C=CC(=O)OCC(F)(F)C(F)(F)C(F)(F)COc1ccc2cc(-c3ccc(CCCCC)cc3OC)oc2c1. The van der Waals surface area contributed by atoms with Crippen LogP contribution in [0.25, 0.3) is 22.3 Å². The number of halogens is 6. The zero-order chi connectivity index (χ0) is 28.8. The molecule has 1 heterocycles. The molecule has 0 saturated carbocycles. The van der Waals surface area contributed by atoms with Crippen molar-refractivity contribution in [2.75, 3.05) is 20.3 Å². The van der Waals surface area contributed by atoms with E-state index in [9.17, 15) is 31.1 Å². The van der Waals surface area contributed by atoms with Crippen molar-refractivity contribution in [2.24, 2.45) is 0 Å². The number of carbonyl (C=O) groups is 1. The summed E-state index contributed by atoms with van der Waals surface area (Å²) < 4.78 is 104. The molecule has 0 fully saturated rings. The highest BCUT2D eigenvalue weighted by Gasteiger charge is 2.72. The van der Waals surface area contributed by atoms with Gasteiger partial charge in [0.05, 0.1) is 12.7 Å². The number of unbranched alkanes of at least 4 members (excludes halogenated alkanes) is 2. The third kappa shape index (κ3) is 6.69. The summed E-state index contributed by atoms with van der Waals surface area (Å²) in [5, 5.41) is 0.555. The van der Waals surface area contributed by atoms with Crippen molar-refractivity contribution >= 4 is 16.9 Å². The van der Waals surface area contributed by atoms with Gasteiger partial charge in [0.25, 0.3) is 0 Å². The van der Waals surface area contributed by atoms with Gasteiger partial charge in [-0.1, -0.05) is 32.4 Å². The molecule has 3 aromatic rings. The van der Waals surface area contributed by atoms with Gasteiger partial charge in [-0.3, -0.25) is 0 Å². The van der Waals surface area contributed by atoms with E-state index in [1.165, 1.54) is 25.3 Å². The van der Waals surface area contributed by atoms with Crippen LogP contribution in [0.4, 0.5) is 26.3 Å². The van der Waals surface area contributed by atoms with Gasteiger partial charge in [0.1, 0.15) is 22.8 Å². The van der Waals surface area contributed by atoms with E-state index in [1.807, 2.05) is 18.2 Å². The molecule has 0 N–H and O–H groups in total. The van der Waals surface area contributed by atoms with Crippen LogP contribution in [0.15, 0.2) is 59.5 Å². The van der Waals surface area contributed by atoms with Crippen LogP contribution >= 0.6 is 0 Å². The zero-order valence-electron chi connectivity index (χ0n) is 21.4. The molecule has 39 heavy (non-hydrogen) atoms. The molecule has 5 nitrogen and oxygen atoms in total. The van der Waals surface area contributed by atoms with Gasteiger partial charge in [0.15, 0.2) is 13.2 Å². The van der Waals surface area contributed by atoms with Crippen LogP contribution in [0.1, 0.15) is 31.7 Å². The number of aryl methyl sites for hydroxylation is 1. The van der Waals surface area contributed by atoms with Gasteiger partial charge < -0.3 is 18.6 Å². The summed E-state index contributed by atoms with van der Waals surface area (Å²) in [6.07, 6.45) is 4.57. The van der Waals surface area contributed by atoms with E-state index in [0.29, 0.717) is 28.5 Å². The van der Waals surface area contributed by atoms with Crippen molar-refractivity contribution in [1.29, 1.82) is 0 Å². The molecule has 0 saturated heterocycles. The van der Waals surface area contributed by atoms with Gasteiger partial charge in [-0.15, -0.1) is 0 Å². The first kappa shape index (κ1) is 29.9.